The first kappa shape index (κ1) is 16.1. The fourth-order valence-corrected chi connectivity index (χ4v) is 3.62. The van der Waals surface area contributed by atoms with Gasteiger partial charge in [-0.25, -0.2) is 0 Å². The van der Waals surface area contributed by atoms with Gasteiger partial charge in [0.25, 0.3) is 11.1 Å². The van der Waals surface area contributed by atoms with Crippen molar-refractivity contribution in [2.75, 3.05) is 6.79 Å². The van der Waals surface area contributed by atoms with Gasteiger partial charge in [-0.3, -0.25) is 14.5 Å². The van der Waals surface area contributed by atoms with E-state index in [1.807, 2.05) is 12.1 Å². The number of nitrogens with zero attached hydrogens (tertiary/aromatic N) is 1. The molecule has 25 heavy (non-hydrogen) atoms. The van der Waals surface area contributed by atoms with E-state index in [0.717, 1.165) is 22.9 Å². The molecular weight excluding hydrogens is 362 g/mol. The second-order valence-electron chi connectivity index (χ2n) is 5.47. The monoisotopic (exact) mass is 373 g/mol. The maximum atomic E-state index is 12.6. The Morgan fingerprint density at radius 3 is 2.76 bits per heavy atom. The Bertz CT molecular complexity index is 912. The van der Waals surface area contributed by atoms with Gasteiger partial charge in [0.05, 0.1) is 11.4 Å². The van der Waals surface area contributed by atoms with Gasteiger partial charge in [-0.05, 0) is 47.2 Å². The number of halogens is 1. The fourth-order valence-electron chi connectivity index (χ4n) is 2.59. The van der Waals surface area contributed by atoms with Crippen molar-refractivity contribution >= 4 is 40.6 Å². The summed E-state index contributed by atoms with van der Waals surface area (Å²) in [4.78, 5) is 26.4. The number of carbonyl (C=O) groups is 2. The Morgan fingerprint density at radius 2 is 1.92 bits per heavy atom. The Hall–Kier alpha value is -2.44. The molecule has 0 saturated carbocycles. The highest BCUT2D eigenvalue weighted by molar-refractivity contribution is 8.18. The predicted octanol–water partition coefficient (Wildman–Crippen LogP) is 4.31. The lowest BCUT2D eigenvalue weighted by atomic mass is 10.2. The average Bonchev–Trinajstić information content (AvgIpc) is 3.16. The Labute approximate surface area is 153 Å². The molecule has 0 N–H and O–H groups in total. The van der Waals surface area contributed by atoms with Gasteiger partial charge in [0, 0.05) is 5.02 Å². The number of fused-ring (bicyclic) bond motifs is 1. The summed E-state index contributed by atoms with van der Waals surface area (Å²) >= 11 is 7.04. The van der Waals surface area contributed by atoms with Crippen LogP contribution in [-0.2, 0) is 11.3 Å². The molecule has 0 bridgehead atoms. The lowest BCUT2D eigenvalue weighted by Crippen LogP contribution is -2.27. The van der Waals surface area contributed by atoms with E-state index >= 15 is 0 Å². The molecule has 5 nitrogen and oxygen atoms in total. The highest BCUT2D eigenvalue weighted by atomic mass is 35.5. The zero-order chi connectivity index (χ0) is 17.4. The molecule has 1 fully saturated rings. The van der Waals surface area contributed by atoms with Crippen molar-refractivity contribution in [1.82, 2.24) is 4.90 Å². The van der Waals surface area contributed by atoms with Crippen molar-refractivity contribution < 1.29 is 19.1 Å². The quantitative estimate of drug-likeness (QED) is 0.750. The van der Waals surface area contributed by atoms with Crippen molar-refractivity contribution in [1.29, 1.82) is 0 Å². The standard InChI is InChI=1S/C18H12ClNO4S/c19-13-4-2-1-3-12(13)9-20-17(21)16(25-18(20)22)8-11-5-6-14-15(7-11)24-10-23-14/h1-8H,9-10H2/b16-8-. The van der Waals surface area contributed by atoms with E-state index in [0.29, 0.717) is 21.4 Å². The largest absolute Gasteiger partial charge is 0.454 e. The molecule has 2 aromatic carbocycles. The van der Waals surface area contributed by atoms with Crippen LogP contribution in [0.4, 0.5) is 4.79 Å². The molecule has 4 rings (SSSR count). The Balaban J connectivity index is 1.57. The van der Waals surface area contributed by atoms with Gasteiger partial charge in [-0.15, -0.1) is 0 Å². The SMILES string of the molecule is O=C1S/C(=C\c2ccc3c(c2)OCO3)C(=O)N1Cc1ccccc1Cl. The summed E-state index contributed by atoms with van der Waals surface area (Å²) in [5.41, 5.74) is 1.50. The topological polar surface area (TPSA) is 55.8 Å². The molecule has 0 unspecified atom stereocenters. The zero-order valence-corrected chi connectivity index (χ0v) is 14.5. The smallest absolute Gasteiger partial charge is 0.293 e. The van der Waals surface area contributed by atoms with E-state index in [9.17, 15) is 9.59 Å². The number of amides is 2. The third-order valence-corrected chi connectivity index (χ3v) is 5.13. The van der Waals surface area contributed by atoms with Crippen molar-refractivity contribution in [2.45, 2.75) is 6.54 Å². The zero-order valence-electron chi connectivity index (χ0n) is 12.9. The van der Waals surface area contributed by atoms with E-state index in [2.05, 4.69) is 0 Å². The van der Waals surface area contributed by atoms with Crippen molar-refractivity contribution in [3.63, 3.8) is 0 Å². The lowest BCUT2D eigenvalue weighted by molar-refractivity contribution is -0.123. The van der Waals surface area contributed by atoms with Crippen LogP contribution in [0.3, 0.4) is 0 Å². The van der Waals surface area contributed by atoms with Crippen LogP contribution in [-0.4, -0.2) is 22.8 Å². The summed E-state index contributed by atoms with van der Waals surface area (Å²) in [6.07, 6.45) is 1.68. The highest BCUT2D eigenvalue weighted by Gasteiger charge is 2.35. The molecule has 2 aromatic rings. The summed E-state index contributed by atoms with van der Waals surface area (Å²) in [5.74, 6) is 0.973. The van der Waals surface area contributed by atoms with Crippen LogP contribution in [0.2, 0.25) is 5.02 Å². The van der Waals surface area contributed by atoms with Crippen LogP contribution in [0.1, 0.15) is 11.1 Å². The van der Waals surface area contributed by atoms with Crippen molar-refractivity contribution in [2.24, 2.45) is 0 Å². The average molecular weight is 374 g/mol. The number of hydrogen-bond donors (Lipinski definition) is 0. The van der Waals surface area contributed by atoms with Gasteiger partial charge in [0.1, 0.15) is 0 Å². The third kappa shape index (κ3) is 3.10. The molecule has 0 atom stereocenters. The van der Waals surface area contributed by atoms with Crippen LogP contribution >= 0.6 is 23.4 Å². The van der Waals surface area contributed by atoms with Crippen LogP contribution in [0, 0.1) is 0 Å². The molecule has 0 aliphatic carbocycles. The fraction of sp³-hybridized carbons (Fsp3) is 0.111. The van der Waals surface area contributed by atoms with Crippen LogP contribution in [0.25, 0.3) is 6.08 Å². The minimum atomic E-state index is -0.326. The molecule has 2 aliphatic rings. The first-order chi connectivity index (χ1) is 12.1. The summed E-state index contributed by atoms with van der Waals surface area (Å²) in [6.45, 7) is 0.343. The molecule has 0 radical (unpaired) electrons. The molecule has 2 aliphatic heterocycles. The number of ether oxygens (including phenoxy) is 2. The van der Waals surface area contributed by atoms with Gasteiger partial charge >= 0.3 is 0 Å². The van der Waals surface area contributed by atoms with Crippen LogP contribution in [0.15, 0.2) is 47.4 Å². The molecule has 1 saturated heterocycles. The molecule has 7 heteroatoms. The van der Waals surface area contributed by atoms with Gasteiger partial charge in [0.2, 0.25) is 6.79 Å². The van der Waals surface area contributed by atoms with E-state index in [1.165, 1.54) is 4.90 Å². The maximum absolute atomic E-state index is 12.6. The van der Waals surface area contributed by atoms with Gasteiger partial charge in [-0.2, -0.15) is 0 Å². The van der Waals surface area contributed by atoms with E-state index in [-0.39, 0.29) is 24.5 Å². The highest BCUT2D eigenvalue weighted by Crippen LogP contribution is 2.37. The molecular formula is C18H12ClNO4S. The van der Waals surface area contributed by atoms with Crippen molar-refractivity contribution in [3.05, 3.63) is 63.5 Å². The number of rotatable bonds is 3. The normalized spacial score (nSPS) is 17.6. The lowest BCUT2D eigenvalue weighted by Gasteiger charge is -2.13. The number of imide groups is 1. The first-order valence-corrected chi connectivity index (χ1v) is 8.70. The minimum absolute atomic E-state index is 0.156. The number of hydrogen-bond acceptors (Lipinski definition) is 5. The predicted molar refractivity (Wildman–Crippen MR) is 95.5 cm³/mol. The summed E-state index contributed by atoms with van der Waals surface area (Å²) < 4.78 is 10.6. The van der Waals surface area contributed by atoms with Gasteiger partial charge < -0.3 is 9.47 Å². The van der Waals surface area contributed by atoms with E-state index < -0.39 is 0 Å². The summed E-state index contributed by atoms with van der Waals surface area (Å²) in [5, 5.41) is 0.221. The van der Waals surface area contributed by atoms with Crippen LogP contribution in [0.5, 0.6) is 11.5 Å². The van der Waals surface area contributed by atoms with Crippen molar-refractivity contribution in [3.8, 4) is 11.5 Å². The van der Waals surface area contributed by atoms with Gasteiger partial charge in [-0.1, -0.05) is 35.9 Å². The third-order valence-electron chi connectivity index (χ3n) is 3.85. The van der Waals surface area contributed by atoms with E-state index in [4.69, 9.17) is 21.1 Å². The molecule has 126 valence electrons. The summed E-state index contributed by atoms with van der Waals surface area (Å²) in [6, 6.07) is 12.5. The maximum Gasteiger partial charge on any atom is 0.293 e. The first-order valence-electron chi connectivity index (χ1n) is 7.50. The van der Waals surface area contributed by atoms with Crippen LogP contribution < -0.4 is 9.47 Å². The Kier molecular flexibility index (Phi) is 4.15. The van der Waals surface area contributed by atoms with Gasteiger partial charge in [0.15, 0.2) is 11.5 Å². The molecule has 2 heterocycles. The summed E-state index contributed by atoms with van der Waals surface area (Å²) in [7, 11) is 0. The number of thioether (sulfide) groups is 1. The second kappa shape index (κ2) is 6.46. The minimum Gasteiger partial charge on any atom is -0.454 e. The molecule has 0 spiro atoms. The second-order valence-corrected chi connectivity index (χ2v) is 6.87. The molecule has 0 aromatic heterocycles. The molecule has 2 amide bonds. The van der Waals surface area contributed by atoms with E-state index in [1.54, 1.807) is 36.4 Å². The Morgan fingerprint density at radius 1 is 1.12 bits per heavy atom. The number of benzene rings is 2. The number of carbonyl (C=O) groups excluding carboxylic acids is 2.